The van der Waals surface area contributed by atoms with Crippen LogP contribution in [0.15, 0.2) is 22.7 Å². The van der Waals surface area contributed by atoms with Crippen LogP contribution < -0.4 is 5.73 Å². The zero-order valence-electron chi connectivity index (χ0n) is 11.1. The molecule has 102 valence electrons. The highest BCUT2D eigenvalue weighted by Gasteiger charge is 2.24. The number of nitrogens with two attached hydrogens (primary N) is 1. The molecule has 1 aromatic heterocycles. The summed E-state index contributed by atoms with van der Waals surface area (Å²) in [6.45, 7) is 6.39. The molecule has 6 heteroatoms. The number of hydrogen-bond donors (Lipinski definition) is 1. The Morgan fingerprint density at radius 3 is 2.63 bits per heavy atom. The van der Waals surface area contributed by atoms with Gasteiger partial charge >= 0.3 is 0 Å². The van der Waals surface area contributed by atoms with Crippen LogP contribution in [0, 0.1) is 5.82 Å². The van der Waals surface area contributed by atoms with Gasteiger partial charge < -0.3 is 5.73 Å². The first kappa shape index (κ1) is 14.0. The molecule has 1 aromatic carbocycles. The van der Waals surface area contributed by atoms with Gasteiger partial charge in [0.2, 0.25) is 0 Å². The first-order valence-corrected chi connectivity index (χ1v) is 6.71. The van der Waals surface area contributed by atoms with Gasteiger partial charge in [0.25, 0.3) is 0 Å². The molecule has 0 amide bonds. The summed E-state index contributed by atoms with van der Waals surface area (Å²) in [6, 6.07) is 4.96. The van der Waals surface area contributed by atoms with Gasteiger partial charge in [-0.15, -0.1) is 5.10 Å². The van der Waals surface area contributed by atoms with E-state index in [9.17, 15) is 4.39 Å². The molecule has 0 fully saturated rings. The number of nitrogen functional groups attached to an aromatic ring is 1. The summed E-state index contributed by atoms with van der Waals surface area (Å²) >= 11 is 3.24. The van der Waals surface area contributed by atoms with E-state index in [0.717, 1.165) is 5.69 Å². The third-order valence-electron chi connectivity index (χ3n) is 2.81. The highest BCUT2D eigenvalue weighted by Crippen LogP contribution is 2.27. The van der Waals surface area contributed by atoms with E-state index in [2.05, 4.69) is 26.2 Å². The lowest BCUT2D eigenvalue weighted by Gasteiger charge is -2.20. The standard InChI is InChI=1S/C13H16BrFN4/c1-13(2,3)11-12(16)17-18-19(11)7-8-4-5-9(14)6-10(8)15/h4-6H,7,16H2,1-3H3. The van der Waals surface area contributed by atoms with Crippen molar-refractivity contribution in [2.24, 2.45) is 0 Å². The van der Waals surface area contributed by atoms with Gasteiger partial charge in [-0.25, -0.2) is 9.07 Å². The summed E-state index contributed by atoms with van der Waals surface area (Å²) < 4.78 is 16.2. The highest BCUT2D eigenvalue weighted by atomic mass is 79.9. The molecule has 19 heavy (non-hydrogen) atoms. The number of halogens is 2. The van der Waals surface area contributed by atoms with Gasteiger partial charge in [0.05, 0.1) is 12.2 Å². The number of rotatable bonds is 2. The molecule has 0 spiro atoms. The van der Waals surface area contributed by atoms with Crippen molar-refractivity contribution in [3.8, 4) is 0 Å². The van der Waals surface area contributed by atoms with Crippen LogP contribution in [0.5, 0.6) is 0 Å². The van der Waals surface area contributed by atoms with Crippen molar-refractivity contribution in [2.75, 3.05) is 5.73 Å². The van der Waals surface area contributed by atoms with Crippen LogP contribution in [0.3, 0.4) is 0 Å². The van der Waals surface area contributed by atoms with E-state index >= 15 is 0 Å². The van der Waals surface area contributed by atoms with Crippen LogP contribution in [-0.4, -0.2) is 15.0 Å². The second kappa shape index (κ2) is 4.92. The Bertz CT molecular complexity index is 601. The Hall–Kier alpha value is -1.43. The van der Waals surface area contributed by atoms with Gasteiger partial charge in [-0.3, -0.25) is 0 Å². The van der Waals surface area contributed by atoms with E-state index in [4.69, 9.17) is 5.73 Å². The van der Waals surface area contributed by atoms with Crippen molar-refractivity contribution >= 4 is 21.7 Å². The fourth-order valence-corrected chi connectivity index (χ4v) is 2.35. The van der Waals surface area contributed by atoms with E-state index in [-0.39, 0.29) is 11.2 Å². The molecule has 1 heterocycles. The molecule has 0 saturated heterocycles. The van der Waals surface area contributed by atoms with Crippen LogP contribution in [-0.2, 0) is 12.0 Å². The van der Waals surface area contributed by atoms with Gasteiger partial charge in [0, 0.05) is 15.5 Å². The van der Waals surface area contributed by atoms with E-state index in [0.29, 0.717) is 22.4 Å². The lowest BCUT2D eigenvalue weighted by molar-refractivity contribution is 0.494. The molecule has 4 nitrogen and oxygen atoms in total. The predicted octanol–water partition coefficient (Wildman–Crippen LogP) is 3.11. The molecule has 2 aromatic rings. The van der Waals surface area contributed by atoms with Gasteiger partial charge in [-0.2, -0.15) is 0 Å². The van der Waals surface area contributed by atoms with Crippen LogP contribution in [0.25, 0.3) is 0 Å². The molecule has 0 atom stereocenters. The summed E-state index contributed by atoms with van der Waals surface area (Å²) in [7, 11) is 0. The molecular weight excluding hydrogens is 311 g/mol. The van der Waals surface area contributed by atoms with E-state index in [1.807, 2.05) is 20.8 Å². The average Bonchev–Trinajstić information content (AvgIpc) is 2.63. The Morgan fingerprint density at radius 1 is 1.37 bits per heavy atom. The molecule has 0 bridgehead atoms. The lowest BCUT2D eigenvalue weighted by Crippen LogP contribution is -2.20. The largest absolute Gasteiger partial charge is 0.381 e. The van der Waals surface area contributed by atoms with Crippen molar-refractivity contribution in [3.05, 3.63) is 39.7 Å². The molecule has 2 N–H and O–H groups in total. The molecular formula is C13H16BrFN4. The zero-order chi connectivity index (χ0) is 14.2. The smallest absolute Gasteiger partial charge is 0.169 e. The number of benzene rings is 1. The Kier molecular flexibility index (Phi) is 3.62. The number of hydrogen-bond acceptors (Lipinski definition) is 3. The Morgan fingerprint density at radius 2 is 2.05 bits per heavy atom. The van der Waals surface area contributed by atoms with Crippen LogP contribution in [0.2, 0.25) is 0 Å². The molecule has 0 aliphatic heterocycles. The number of aromatic nitrogens is 3. The van der Waals surface area contributed by atoms with E-state index in [1.54, 1.807) is 16.8 Å². The monoisotopic (exact) mass is 326 g/mol. The molecule has 0 aliphatic rings. The minimum atomic E-state index is -0.275. The number of nitrogens with zero attached hydrogens (tertiary/aromatic N) is 3. The Labute approximate surface area is 119 Å². The van der Waals surface area contributed by atoms with Crippen LogP contribution in [0.1, 0.15) is 32.0 Å². The van der Waals surface area contributed by atoms with Gasteiger partial charge in [-0.1, -0.05) is 48.0 Å². The molecule has 0 saturated carbocycles. The first-order chi connectivity index (χ1) is 8.79. The molecule has 0 radical (unpaired) electrons. The Balaban J connectivity index is 2.39. The summed E-state index contributed by atoms with van der Waals surface area (Å²) in [5.41, 5.74) is 7.02. The van der Waals surface area contributed by atoms with Crippen molar-refractivity contribution in [1.82, 2.24) is 15.0 Å². The van der Waals surface area contributed by atoms with E-state index < -0.39 is 0 Å². The van der Waals surface area contributed by atoms with E-state index in [1.165, 1.54) is 6.07 Å². The molecule has 2 rings (SSSR count). The topological polar surface area (TPSA) is 56.7 Å². The van der Waals surface area contributed by atoms with Crippen molar-refractivity contribution in [2.45, 2.75) is 32.7 Å². The third kappa shape index (κ3) is 2.94. The molecule has 0 aliphatic carbocycles. The molecule has 0 unspecified atom stereocenters. The second-order valence-electron chi connectivity index (χ2n) is 5.47. The minimum Gasteiger partial charge on any atom is -0.381 e. The van der Waals surface area contributed by atoms with Crippen LogP contribution >= 0.6 is 15.9 Å². The summed E-state index contributed by atoms with van der Waals surface area (Å²) in [4.78, 5) is 0. The predicted molar refractivity (Wildman–Crippen MR) is 76.3 cm³/mol. The second-order valence-corrected chi connectivity index (χ2v) is 6.38. The van der Waals surface area contributed by atoms with Gasteiger partial charge in [-0.05, 0) is 12.1 Å². The normalized spacial score (nSPS) is 11.8. The average molecular weight is 327 g/mol. The maximum Gasteiger partial charge on any atom is 0.169 e. The van der Waals surface area contributed by atoms with Crippen molar-refractivity contribution < 1.29 is 4.39 Å². The maximum absolute atomic E-state index is 13.8. The van der Waals surface area contributed by atoms with Crippen molar-refractivity contribution in [1.29, 1.82) is 0 Å². The summed E-state index contributed by atoms with van der Waals surface area (Å²) in [5, 5.41) is 7.89. The first-order valence-electron chi connectivity index (χ1n) is 5.92. The van der Waals surface area contributed by atoms with Gasteiger partial charge in [0.15, 0.2) is 5.82 Å². The zero-order valence-corrected chi connectivity index (χ0v) is 12.7. The minimum absolute atomic E-state index is 0.195. The fourth-order valence-electron chi connectivity index (χ4n) is 2.02. The maximum atomic E-state index is 13.8. The van der Waals surface area contributed by atoms with Crippen LogP contribution in [0.4, 0.5) is 10.2 Å². The van der Waals surface area contributed by atoms with Gasteiger partial charge in [0.1, 0.15) is 5.82 Å². The number of anilines is 1. The highest BCUT2D eigenvalue weighted by molar-refractivity contribution is 9.10. The summed E-state index contributed by atoms with van der Waals surface area (Å²) in [5.74, 6) is 0.119. The fraction of sp³-hybridized carbons (Fsp3) is 0.385. The third-order valence-corrected chi connectivity index (χ3v) is 3.30. The SMILES string of the molecule is CC(C)(C)c1c(N)nnn1Cc1ccc(Br)cc1F. The van der Waals surface area contributed by atoms with Crippen molar-refractivity contribution in [3.63, 3.8) is 0 Å². The summed E-state index contributed by atoms with van der Waals surface area (Å²) in [6.07, 6.45) is 0. The quantitative estimate of drug-likeness (QED) is 0.922. The lowest BCUT2D eigenvalue weighted by atomic mass is 9.91.